The Balaban J connectivity index is 1.53. The molecule has 36 heavy (non-hydrogen) atoms. The van der Waals surface area contributed by atoms with Crippen LogP contribution in [0, 0.1) is 12.8 Å². The number of aryl methyl sites for hydroxylation is 2. The van der Waals surface area contributed by atoms with Gasteiger partial charge in [0.2, 0.25) is 10.0 Å². The molecule has 0 aliphatic heterocycles. The fourth-order valence-corrected chi connectivity index (χ4v) is 4.64. The van der Waals surface area contributed by atoms with E-state index in [-0.39, 0.29) is 5.75 Å². The highest BCUT2D eigenvalue weighted by atomic mass is 32.2. The summed E-state index contributed by atoms with van der Waals surface area (Å²) in [6.07, 6.45) is 4.92. The molecule has 1 saturated carbocycles. The number of hydrogen-bond donors (Lipinski definition) is 2. The van der Waals surface area contributed by atoms with Crippen LogP contribution in [0.1, 0.15) is 29.7 Å². The minimum Gasteiger partial charge on any atom is -0.391 e. The lowest BCUT2D eigenvalue weighted by atomic mass is 10.1. The van der Waals surface area contributed by atoms with Crippen molar-refractivity contribution in [3.05, 3.63) is 65.6 Å². The maximum Gasteiger partial charge on any atom is 0.416 e. The molecule has 0 saturated heterocycles. The monoisotopic (exact) mass is 521 g/mol. The van der Waals surface area contributed by atoms with E-state index in [9.17, 15) is 26.4 Å². The number of halogens is 3. The number of carbonyl (C=O) groups is 1. The van der Waals surface area contributed by atoms with Gasteiger partial charge in [-0.05, 0) is 56.2 Å². The molecule has 0 atom stereocenters. The van der Waals surface area contributed by atoms with E-state index in [0.717, 1.165) is 24.8 Å². The maximum atomic E-state index is 13.3. The van der Waals surface area contributed by atoms with Gasteiger partial charge in [0.15, 0.2) is 0 Å². The molecule has 2 aromatic heterocycles. The van der Waals surface area contributed by atoms with Gasteiger partial charge in [-0.15, -0.1) is 0 Å². The van der Waals surface area contributed by atoms with Crippen molar-refractivity contribution in [3.63, 3.8) is 0 Å². The summed E-state index contributed by atoms with van der Waals surface area (Å²) in [7, 11) is -2.25. The summed E-state index contributed by atoms with van der Waals surface area (Å²) in [5.41, 5.74) is 0.505. The number of hydrogen-bond acceptors (Lipinski definition) is 5. The van der Waals surface area contributed by atoms with Crippen molar-refractivity contribution >= 4 is 32.9 Å². The predicted molar refractivity (Wildman–Crippen MR) is 131 cm³/mol. The van der Waals surface area contributed by atoms with E-state index in [2.05, 4.69) is 10.4 Å². The molecular weight excluding hydrogens is 495 g/mol. The number of fused-ring (bicyclic) bond motifs is 1. The van der Waals surface area contributed by atoms with Crippen LogP contribution in [-0.4, -0.2) is 41.0 Å². The van der Waals surface area contributed by atoms with Gasteiger partial charge in [-0.2, -0.15) is 18.3 Å². The zero-order chi connectivity index (χ0) is 26.1. The first-order valence-electron chi connectivity index (χ1n) is 11.3. The lowest BCUT2D eigenvalue weighted by Crippen LogP contribution is -2.30. The van der Waals surface area contributed by atoms with Gasteiger partial charge < -0.3 is 9.88 Å². The van der Waals surface area contributed by atoms with Gasteiger partial charge >= 0.3 is 6.18 Å². The van der Waals surface area contributed by atoms with Crippen molar-refractivity contribution in [2.75, 3.05) is 12.3 Å². The van der Waals surface area contributed by atoms with Gasteiger partial charge in [0, 0.05) is 36.8 Å². The molecule has 4 rings (SSSR count). The third-order valence-electron chi connectivity index (χ3n) is 5.80. The highest BCUT2D eigenvalue weighted by molar-refractivity contribution is 7.90. The smallest absolute Gasteiger partial charge is 0.391 e. The molecule has 2 heterocycles. The molecule has 1 aliphatic rings. The molecule has 3 aromatic rings. The summed E-state index contributed by atoms with van der Waals surface area (Å²) < 4.78 is 69.2. The number of carbonyl (C=O) groups excluding carboxylic acids is 1. The van der Waals surface area contributed by atoms with Crippen molar-refractivity contribution in [2.24, 2.45) is 13.0 Å². The molecule has 8 nitrogen and oxygen atoms in total. The SMILES string of the molecule is Cc1nn(C)c(-n2ccc3ccc(C(F)(F)F)cc32)c1/C=C/C(=O)NS(=O)(=O)CC=CNCC1CC1. The Morgan fingerprint density at radius 2 is 2.00 bits per heavy atom. The normalized spacial score (nSPS) is 14.8. The number of sulfonamides is 1. The molecule has 0 bridgehead atoms. The first-order valence-corrected chi connectivity index (χ1v) is 12.9. The molecule has 1 aliphatic carbocycles. The van der Waals surface area contributed by atoms with Gasteiger partial charge in [0.1, 0.15) is 5.82 Å². The van der Waals surface area contributed by atoms with Crippen LogP contribution in [0.25, 0.3) is 22.8 Å². The standard InChI is InChI=1S/C24H26F3N5O3S/c1-16-20(8-9-22(33)30-36(34,35)13-3-11-28-15-17-4-5-17)23(31(2)29-16)32-12-10-18-6-7-19(14-21(18)32)24(25,26)27/h3,6-12,14,17,28H,4-5,13,15H2,1-2H3,(H,30,33)/b9-8+,11-3?. The number of nitrogens with zero attached hydrogens (tertiary/aromatic N) is 3. The van der Waals surface area contributed by atoms with E-state index in [1.54, 1.807) is 37.0 Å². The molecule has 1 amide bonds. The molecule has 12 heteroatoms. The highest BCUT2D eigenvalue weighted by Gasteiger charge is 2.31. The van der Waals surface area contributed by atoms with Crippen LogP contribution in [0.4, 0.5) is 13.2 Å². The Morgan fingerprint density at radius 3 is 2.69 bits per heavy atom. The van der Waals surface area contributed by atoms with Crippen LogP contribution < -0.4 is 10.0 Å². The zero-order valence-corrected chi connectivity index (χ0v) is 20.5. The first-order chi connectivity index (χ1) is 16.9. The van der Waals surface area contributed by atoms with Crippen LogP contribution >= 0.6 is 0 Å². The van der Waals surface area contributed by atoms with E-state index in [4.69, 9.17) is 0 Å². The zero-order valence-electron chi connectivity index (χ0n) is 19.7. The van der Waals surface area contributed by atoms with Crippen molar-refractivity contribution in [1.29, 1.82) is 0 Å². The van der Waals surface area contributed by atoms with Crippen LogP contribution in [0.5, 0.6) is 0 Å². The Hall–Kier alpha value is -3.54. The number of benzene rings is 1. The fraction of sp³-hybridized carbons (Fsp3) is 0.333. The molecule has 1 fully saturated rings. The van der Waals surface area contributed by atoms with E-state index in [1.165, 1.54) is 35.7 Å². The van der Waals surface area contributed by atoms with E-state index in [1.807, 2.05) is 4.72 Å². The van der Waals surface area contributed by atoms with Crippen molar-refractivity contribution in [2.45, 2.75) is 25.9 Å². The molecule has 1 aromatic carbocycles. The fourth-order valence-electron chi connectivity index (χ4n) is 3.84. The number of rotatable bonds is 9. The summed E-state index contributed by atoms with van der Waals surface area (Å²) >= 11 is 0. The Morgan fingerprint density at radius 1 is 1.25 bits per heavy atom. The average Bonchev–Trinajstić information content (AvgIpc) is 3.44. The minimum atomic E-state index is -4.50. The largest absolute Gasteiger partial charge is 0.416 e. The maximum absolute atomic E-state index is 13.3. The Bertz CT molecular complexity index is 1450. The second kappa shape index (κ2) is 9.84. The lowest BCUT2D eigenvalue weighted by Gasteiger charge is -2.10. The third-order valence-corrected chi connectivity index (χ3v) is 6.94. The number of aromatic nitrogens is 3. The lowest BCUT2D eigenvalue weighted by molar-refractivity contribution is -0.137. The summed E-state index contributed by atoms with van der Waals surface area (Å²) in [5, 5.41) is 7.95. The average molecular weight is 522 g/mol. The van der Waals surface area contributed by atoms with Crippen molar-refractivity contribution in [1.82, 2.24) is 24.4 Å². The van der Waals surface area contributed by atoms with Crippen molar-refractivity contribution in [3.8, 4) is 5.82 Å². The number of alkyl halides is 3. The van der Waals surface area contributed by atoms with Gasteiger partial charge in [-0.3, -0.25) is 9.48 Å². The van der Waals surface area contributed by atoms with Crippen LogP contribution in [0.2, 0.25) is 0 Å². The molecule has 0 spiro atoms. The molecule has 0 unspecified atom stereocenters. The first kappa shape index (κ1) is 25.5. The van der Waals surface area contributed by atoms with E-state index >= 15 is 0 Å². The summed E-state index contributed by atoms with van der Waals surface area (Å²) in [6, 6.07) is 5.14. The Labute approximate surface area is 206 Å². The second-order valence-corrected chi connectivity index (χ2v) is 10.5. The summed E-state index contributed by atoms with van der Waals surface area (Å²) in [4.78, 5) is 12.3. The molecular formula is C24H26F3N5O3S. The van der Waals surface area contributed by atoms with E-state index in [0.29, 0.717) is 33.9 Å². The topological polar surface area (TPSA) is 98.0 Å². The van der Waals surface area contributed by atoms with Crippen LogP contribution in [0.15, 0.2) is 48.8 Å². The quantitative estimate of drug-likeness (QED) is 0.419. The minimum absolute atomic E-state index is 0.316. The molecule has 2 N–H and O–H groups in total. The van der Waals surface area contributed by atoms with E-state index < -0.39 is 27.7 Å². The van der Waals surface area contributed by atoms with Gasteiger partial charge in [0.05, 0.1) is 22.5 Å². The summed E-state index contributed by atoms with van der Waals surface area (Å²) in [6.45, 7) is 2.48. The third kappa shape index (κ3) is 5.99. The second-order valence-electron chi connectivity index (χ2n) is 8.74. The summed E-state index contributed by atoms with van der Waals surface area (Å²) in [5.74, 6) is -0.134. The number of amides is 1. The Kier molecular flexibility index (Phi) is 6.98. The van der Waals surface area contributed by atoms with Crippen LogP contribution in [-0.2, 0) is 28.0 Å². The van der Waals surface area contributed by atoms with Crippen molar-refractivity contribution < 1.29 is 26.4 Å². The molecule has 0 radical (unpaired) electrons. The van der Waals surface area contributed by atoms with Gasteiger partial charge in [-0.1, -0.05) is 12.1 Å². The highest BCUT2D eigenvalue weighted by Crippen LogP contribution is 2.33. The van der Waals surface area contributed by atoms with Crippen LogP contribution in [0.3, 0.4) is 0 Å². The van der Waals surface area contributed by atoms with Gasteiger partial charge in [0.25, 0.3) is 5.91 Å². The predicted octanol–water partition coefficient (Wildman–Crippen LogP) is 3.66. The van der Waals surface area contributed by atoms with Gasteiger partial charge in [-0.25, -0.2) is 13.1 Å². The number of nitrogens with one attached hydrogen (secondary N) is 2. The molecule has 192 valence electrons.